The zero-order chi connectivity index (χ0) is 24.5. The number of carbonyl (C=O) groups is 2. The van der Waals surface area contributed by atoms with Gasteiger partial charge in [-0.3, -0.25) is 9.59 Å². The minimum atomic E-state index is -0.392. The highest BCUT2D eigenvalue weighted by Crippen LogP contribution is 2.48. The third-order valence-corrected chi connectivity index (χ3v) is 8.39. The fraction of sp³-hybridized carbons (Fsp3) is 0.714. The number of hydrogen-bond donors (Lipinski definition) is 1. The summed E-state index contributed by atoms with van der Waals surface area (Å²) < 4.78 is 14.4. The van der Waals surface area contributed by atoms with Crippen LogP contribution in [0.2, 0.25) is 0 Å². The minimum Gasteiger partial charge on any atom is -0.347 e. The molecule has 2 saturated heterocycles. The molecular weight excluding hydrogens is 429 g/mol. The molecule has 3 aliphatic rings. The Labute approximate surface area is 204 Å². The van der Waals surface area contributed by atoms with E-state index >= 15 is 0 Å². The molecule has 6 heteroatoms. The number of fused-ring (bicyclic) bond motifs is 2. The van der Waals surface area contributed by atoms with E-state index in [2.05, 4.69) is 31.0 Å². The van der Waals surface area contributed by atoms with Crippen molar-refractivity contribution in [2.24, 2.45) is 5.41 Å². The van der Waals surface area contributed by atoms with Crippen molar-refractivity contribution in [1.29, 1.82) is 0 Å². The maximum atomic E-state index is 14.4. The van der Waals surface area contributed by atoms with E-state index in [1.165, 1.54) is 12.5 Å². The van der Waals surface area contributed by atoms with Crippen LogP contribution in [-0.2, 0) is 15.0 Å². The first-order valence-electron chi connectivity index (χ1n) is 13.2. The number of piperidine rings is 2. The van der Waals surface area contributed by atoms with Crippen molar-refractivity contribution < 1.29 is 14.0 Å². The molecule has 2 atom stereocenters. The number of likely N-dealkylation sites (tertiary alicyclic amines) is 2. The van der Waals surface area contributed by atoms with Crippen molar-refractivity contribution in [1.82, 2.24) is 15.1 Å². The van der Waals surface area contributed by atoms with Crippen LogP contribution in [-0.4, -0.2) is 53.8 Å². The van der Waals surface area contributed by atoms with Crippen LogP contribution < -0.4 is 5.32 Å². The molecule has 0 radical (unpaired) electrons. The lowest BCUT2D eigenvalue weighted by molar-refractivity contribution is -0.141. The van der Waals surface area contributed by atoms with E-state index in [1.54, 1.807) is 17.9 Å². The summed E-state index contributed by atoms with van der Waals surface area (Å²) in [6.45, 7) is 12.2. The molecule has 0 saturated carbocycles. The second-order valence-corrected chi connectivity index (χ2v) is 12.0. The van der Waals surface area contributed by atoms with Crippen LogP contribution >= 0.6 is 0 Å². The second-order valence-electron chi connectivity index (χ2n) is 12.0. The molecule has 2 aliphatic heterocycles. The zero-order valence-electron chi connectivity index (χ0n) is 21.5. The first-order valence-corrected chi connectivity index (χ1v) is 13.2. The van der Waals surface area contributed by atoms with Gasteiger partial charge in [0, 0.05) is 13.5 Å². The van der Waals surface area contributed by atoms with Gasteiger partial charge in [-0.05, 0) is 105 Å². The highest BCUT2D eigenvalue weighted by atomic mass is 19.1. The Morgan fingerprint density at radius 2 is 1.82 bits per heavy atom. The summed E-state index contributed by atoms with van der Waals surface area (Å²) in [7, 11) is 0. The lowest BCUT2D eigenvalue weighted by Crippen LogP contribution is -2.53. The van der Waals surface area contributed by atoms with Crippen molar-refractivity contribution >= 4 is 11.8 Å². The summed E-state index contributed by atoms with van der Waals surface area (Å²) in [5.41, 5.74) is 2.48. The Hall–Kier alpha value is -1.95. The summed E-state index contributed by atoms with van der Waals surface area (Å²) in [5, 5.41) is 3.25. The first-order chi connectivity index (χ1) is 16.1. The Morgan fingerprint density at radius 3 is 2.50 bits per heavy atom. The fourth-order valence-electron chi connectivity index (χ4n) is 6.22. The number of hydrogen-bond acceptors (Lipinski definition) is 3. The maximum absolute atomic E-state index is 14.4. The van der Waals surface area contributed by atoms with Gasteiger partial charge in [-0.15, -0.1) is 0 Å². The molecule has 4 rings (SSSR count). The number of carbonyl (C=O) groups excluding carboxylic acids is 2. The van der Waals surface area contributed by atoms with Crippen molar-refractivity contribution in [3.05, 3.63) is 35.1 Å². The van der Waals surface area contributed by atoms with E-state index in [1.807, 2.05) is 6.07 Å². The van der Waals surface area contributed by atoms with Gasteiger partial charge in [-0.2, -0.15) is 0 Å². The normalized spacial score (nSPS) is 25.1. The molecule has 2 amide bonds. The lowest BCUT2D eigenvalue weighted by Gasteiger charge is -2.48. The molecular formula is C28H42FN3O2. The van der Waals surface area contributed by atoms with Crippen molar-refractivity contribution in [3.8, 4) is 0 Å². The van der Waals surface area contributed by atoms with Gasteiger partial charge in [-0.1, -0.05) is 26.8 Å². The third kappa shape index (κ3) is 5.48. The molecule has 188 valence electrons. The zero-order valence-corrected chi connectivity index (χ0v) is 21.5. The quantitative estimate of drug-likeness (QED) is 0.676. The topological polar surface area (TPSA) is 52.7 Å². The predicted molar refractivity (Wildman–Crippen MR) is 133 cm³/mol. The van der Waals surface area contributed by atoms with E-state index in [9.17, 15) is 14.0 Å². The van der Waals surface area contributed by atoms with Gasteiger partial charge in [0.2, 0.25) is 11.8 Å². The molecule has 5 nitrogen and oxygen atoms in total. The Balaban J connectivity index is 1.49. The number of halogens is 1. The van der Waals surface area contributed by atoms with Crippen LogP contribution in [0.4, 0.5) is 4.39 Å². The van der Waals surface area contributed by atoms with E-state index in [0.29, 0.717) is 18.4 Å². The summed E-state index contributed by atoms with van der Waals surface area (Å²) in [6.07, 6.45) is 7.69. The summed E-state index contributed by atoms with van der Waals surface area (Å²) >= 11 is 0. The number of nitrogens with zero attached hydrogens (tertiary/aromatic N) is 2. The number of nitrogens with one attached hydrogen (secondary N) is 1. The Morgan fingerprint density at radius 1 is 1.09 bits per heavy atom. The van der Waals surface area contributed by atoms with Crippen LogP contribution in [0.3, 0.4) is 0 Å². The monoisotopic (exact) mass is 471 g/mol. The van der Waals surface area contributed by atoms with Crippen LogP contribution in [0.5, 0.6) is 0 Å². The number of benzene rings is 1. The van der Waals surface area contributed by atoms with Gasteiger partial charge in [0.15, 0.2) is 0 Å². The Bertz CT molecular complexity index is 901. The van der Waals surface area contributed by atoms with Crippen LogP contribution in [0, 0.1) is 11.2 Å². The second kappa shape index (κ2) is 9.96. The fourth-order valence-corrected chi connectivity index (χ4v) is 6.22. The maximum Gasteiger partial charge on any atom is 0.243 e. The molecule has 1 N–H and O–H groups in total. The molecule has 2 heterocycles. The van der Waals surface area contributed by atoms with Crippen molar-refractivity contribution in [3.63, 3.8) is 0 Å². The Kier molecular flexibility index (Phi) is 7.37. The molecule has 2 fully saturated rings. The van der Waals surface area contributed by atoms with E-state index in [-0.39, 0.29) is 29.1 Å². The van der Waals surface area contributed by atoms with Crippen LogP contribution in [0.1, 0.15) is 96.2 Å². The van der Waals surface area contributed by atoms with Gasteiger partial charge >= 0.3 is 0 Å². The third-order valence-electron chi connectivity index (χ3n) is 8.39. The van der Waals surface area contributed by atoms with E-state index in [4.69, 9.17) is 0 Å². The average molecular weight is 472 g/mol. The number of amides is 2. The highest BCUT2D eigenvalue weighted by molar-refractivity contribution is 5.87. The predicted octanol–water partition coefficient (Wildman–Crippen LogP) is 4.95. The van der Waals surface area contributed by atoms with E-state index < -0.39 is 6.04 Å². The molecule has 0 aromatic heterocycles. The minimum absolute atomic E-state index is 0.00679. The van der Waals surface area contributed by atoms with Crippen LogP contribution in [0.15, 0.2) is 18.2 Å². The number of rotatable bonds is 4. The smallest absolute Gasteiger partial charge is 0.243 e. The summed E-state index contributed by atoms with van der Waals surface area (Å²) in [5.74, 6) is -0.304. The first kappa shape index (κ1) is 25.2. The van der Waals surface area contributed by atoms with Crippen molar-refractivity contribution in [2.75, 3.05) is 26.2 Å². The average Bonchev–Trinajstić information content (AvgIpc) is 2.80. The molecule has 0 bridgehead atoms. The SMILES string of the molecule is CC(=O)N1CCCC[C@@H]1C(=O)N[C@@H]1CCC2(CCN(CCC(C)(C)C)CC2)c2cc(F)ccc21. The summed E-state index contributed by atoms with van der Waals surface area (Å²) in [6, 6.07) is 4.62. The van der Waals surface area contributed by atoms with Gasteiger partial charge in [-0.25, -0.2) is 4.39 Å². The lowest BCUT2D eigenvalue weighted by atomic mass is 9.63. The van der Waals surface area contributed by atoms with Crippen LogP contribution in [0.25, 0.3) is 0 Å². The van der Waals surface area contributed by atoms with Crippen molar-refractivity contribution in [2.45, 2.75) is 96.6 Å². The highest BCUT2D eigenvalue weighted by Gasteiger charge is 2.43. The van der Waals surface area contributed by atoms with Gasteiger partial charge in [0.05, 0.1) is 6.04 Å². The molecule has 1 aromatic rings. The standard InChI is InChI=1S/C28H42FN3O2/c1-20(33)32-15-6-5-7-25(32)26(34)30-24-10-11-28(23-19-21(29)8-9-22(23)24)13-17-31(18-14-28)16-12-27(2,3)4/h8-9,19,24-25H,5-7,10-18H2,1-4H3,(H,30,34)/t24-,25-/m1/s1. The van der Waals surface area contributed by atoms with Gasteiger partial charge in [0.1, 0.15) is 11.9 Å². The molecule has 1 aromatic carbocycles. The molecule has 34 heavy (non-hydrogen) atoms. The summed E-state index contributed by atoms with van der Waals surface area (Å²) in [4.78, 5) is 29.6. The molecule has 1 spiro atoms. The van der Waals surface area contributed by atoms with Gasteiger partial charge in [0.25, 0.3) is 0 Å². The molecule has 1 aliphatic carbocycles. The largest absolute Gasteiger partial charge is 0.347 e. The van der Waals surface area contributed by atoms with E-state index in [0.717, 1.165) is 69.3 Å². The van der Waals surface area contributed by atoms with Gasteiger partial charge < -0.3 is 15.1 Å². The molecule has 0 unspecified atom stereocenters.